The molecule has 1 heterocycles. The fourth-order valence-corrected chi connectivity index (χ4v) is 3.19. The lowest BCUT2D eigenvalue weighted by atomic mass is 10.1. The standard InChI is InChI=1S/C15H13NOS/c17-13-10-16-12-8-4-5-9-14(12)18-15(13)11-6-2-1-3-7-11/h1-10,13,15,17H/t13-,15-/m0/s1. The minimum absolute atomic E-state index is 0.00130. The number of hydrogen-bond donors (Lipinski definition) is 1. The Balaban J connectivity index is 2.01. The molecule has 3 heteroatoms. The van der Waals surface area contributed by atoms with Gasteiger partial charge in [-0.05, 0) is 17.7 Å². The number of aliphatic hydroxyl groups excluding tert-OH is 1. The van der Waals surface area contributed by atoms with Crippen LogP contribution in [0.4, 0.5) is 5.69 Å². The van der Waals surface area contributed by atoms with Crippen molar-refractivity contribution < 1.29 is 5.11 Å². The molecule has 0 aliphatic carbocycles. The second kappa shape index (κ2) is 4.96. The zero-order valence-corrected chi connectivity index (χ0v) is 10.5. The van der Waals surface area contributed by atoms with E-state index in [1.807, 2.05) is 54.6 Å². The molecular weight excluding hydrogens is 242 g/mol. The second-order valence-electron chi connectivity index (χ2n) is 4.19. The Morgan fingerprint density at radius 1 is 0.944 bits per heavy atom. The zero-order chi connectivity index (χ0) is 12.4. The van der Waals surface area contributed by atoms with Crippen molar-refractivity contribution in [2.45, 2.75) is 16.2 Å². The van der Waals surface area contributed by atoms with Crippen molar-refractivity contribution in [1.82, 2.24) is 0 Å². The van der Waals surface area contributed by atoms with E-state index in [0.717, 1.165) is 16.1 Å². The first-order valence-corrected chi connectivity index (χ1v) is 6.75. The summed E-state index contributed by atoms with van der Waals surface area (Å²) in [5.74, 6) is 0. The summed E-state index contributed by atoms with van der Waals surface area (Å²) in [5, 5.41) is 10.2. The van der Waals surface area contributed by atoms with E-state index in [1.165, 1.54) is 0 Å². The number of aliphatic hydroxyl groups is 1. The Morgan fingerprint density at radius 3 is 2.50 bits per heavy atom. The summed E-state index contributed by atoms with van der Waals surface area (Å²) in [6.07, 6.45) is 1.07. The monoisotopic (exact) mass is 255 g/mol. The van der Waals surface area contributed by atoms with Crippen LogP contribution in [-0.4, -0.2) is 17.4 Å². The molecule has 3 rings (SSSR count). The van der Waals surface area contributed by atoms with Gasteiger partial charge in [0.25, 0.3) is 0 Å². The van der Waals surface area contributed by atoms with Gasteiger partial charge >= 0.3 is 0 Å². The van der Waals surface area contributed by atoms with Crippen molar-refractivity contribution in [1.29, 1.82) is 0 Å². The van der Waals surface area contributed by atoms with Crippen molar-refractivity contribution in [3.8, 4) is 0 Å². The Morgan fingerprint density at radius 2 is 1.67 bits per heavy atom. The molecule has 1 aliphatic heterocycles. The number of rotatable bonds is 1. The molecule has 2 nitrogen and oxygen atoms in total. The van der Waals surface area contributed by atoms with Gasteiger partial charge in [-0.1, -0.05) is 42.5 Å². The van der Waals surface area contributed by atoms with E-state index in [4.69, 9.17) is 0 Å². The molecule has 2 aromatic rings. The molecule has 0 saturated heterocycles. The summed E-state index contributed by atoms with van der Waals surface area (Å²) in [4.78, 5) is 5.46. The van der Waals surface area contributed by atoms with Crippen LogP contribution >= 0.6 is 11.8 Å². The third-order valence-corrected chi connectivity index (χ3v) is 4.33. The van der Waals surface area contributed by atoms with Crippen molar-refractivity contribution >= 4 is 23.7 Å². The predicted molar refractivity (Wildman–Crippen MR) is 75.6 cm³/mol. The second-order valence-corrected chi connectivity index (χ2v) is 5.37. The highest BCUT2D eigenvalue weighted by molar-refractivity contribution is 7.99. The van der Waals surface area contributed by atoms with E-state index in [9.17, 15) is 5.11 Å². The normalized spacial score (nSPS) is 22.3. The molecule has 0 fully saturated rings. The number of fused-ring (bicyclic) bond motifs is 1. The molecule has 2 aromatic carbocycles. The quantitative estimate of drug-likeness (QED) is 0.844. The Hall–Kier alpha value is -1.58. The van der Waals surface area contributed by atoms with Gasteiger partial charge in [0.05, 0.1) is 10.9 Å². The minimum atomic E-state index is -0.565. The lowest BCUT2D eigenvalue weighted by molar-refractivity contribution is 0.244. The van der Waals surface area contributed by atoms with Crippen LogP contribution < -0.4 is 0 Å². The SMILES string of the molecule is O[C@H]1C=Nc2ccccc2S[C@H]1c1ccccc1. The number of hydrogen-bond acceptors (Lipinski definition) is 3. The van der Waals surface area contributed by atoms with Crippen LogP contribution in [0.5, 0.6) is 0 Å². The summed E-state index contributed by atoms with van der Waals surface area (Å²) >= 11 is 1.66. The number of benzene rings is 2. The van der Waals surface area contributed by atoms with Gasteiger partial charge in [0.2, 0.25) is 0 Å². The number of aliphatic imine (C=N–C) groups is 1. The van der Waals surface area contributed by atoms with Crippen LogP contribution in [0.25, 0.3) is 0 Å². The fourth-order valence-electron chi connectivity index (χ4n) is 2.01. The smallest absolute Gasteiger partial charge is 0.105 e. The number of nitrogens with zero attached hydrogens (tertiary/aromatic N) is 1. The van der Waals surface area contributed by atoms with Crippen molar-refractivity contribution in [2.24, 2.45) is 4.99 Å². The highest BCUT2D eigenvalue weighted by Crippen LogP contribution is 2.43. The van der Waals surface area contributed by atoms with Gasteiger partial charge < -0.3 is 5.11 Å². The third kappa shape index (κ3) is 2.19. The van der Waals surface area contributed by atoms with Crippen molar-refractivity contribution in [3.05, 3.63) is 60.2 Å². The lowest BCUT2D eigenvalue weighted by Crippen LogP contribution is -2.16. The van der Waals surface area contributed by atoms with Crippen LogP contribution in [0.2, 0.25) is 0 Å². The summed E-state index contributed by atoms with van der Waals surface area (Å²) in [6, 6.07) is 18.1. The average Bonchev–Trinajstić information content (AvgIpc) is 2.60. The molecule has 1 aliphatic rings. The van der Waals surface area contributed by atoms with Gasteiger partial charge in [0.1, 0.15) is 6.10 Å². The topological polar surface area (TPSA) is 32.6 Å². The predicted octanol–water partition coefficient (Wildman–Crippen LogP) is 3.60. The van der Waals surface area contributed by atoms with Gasteiger partial charge in [-0.2, -0.15) is 0 Å². The van der Waals surface area contributed by atoms with Gasteiger partial charge in [-0.15, -0.1) is 11.8 Å². The summed E-state index contributed by atoms with van der Waals surface area (Å²) in [5.41, 5.74) is 2.05. The highest BCUT2D eigenvalue weighted by atomic mass is 32.2. The maximum atomic E-state index is 10.2. The molecule has 1 N–H and O–H groups in total. The van der Waals surface area contributed by atoms with Gasteiger partial charge in [0.15, 0.2) is 0 Å². The molecule has 18 heavy (non-hydrogen) atoms. The molecule has 0 radical (unpaired) electrons. The molecule has 2 atom stereocenters. The van der Waals surface area contributed by atoms with Crippen LogP contribution in [0, 0.1) is 0 Å². The first-order chi connectivity index (χ1) is 8.84. The molecule has 90 valence electrons. The maximum absolute atomic E-state index is 10.2. The average molecular weight is 255 g/mol. The zero-order valence-electron chi connectivity index (χ0n) is 9.73. The van der Waals surface area contributed by atoms with Crippen molar-refractivity contribution in [3.63, 3.8) is 0 Å². The van der Waals surface area contributed by atoms with E-state index < -0.39 is 6.10 Å². The molecule has 0 amide bonds. The van der Waals surface area contributed by atoms with Crippen LogP contribution in [0.1, 0.15) is 10.8 Å². The van der Waals surface area contributed by atoms with E-state index in [2.05, 4.69) is 4.99 Å². The summed E-state index contributed by atoms with van der Waals surface area (Å²) < 4.78 is 0. The Labute approximate surface area is 110 Å². The first kappa shape index (κ1) is 11.5. The van der Waals surface area contributed by atoms with E-state index in [1.54, 1.807) is 18.0 Å². The van der Waals surface area contributed by atoms with Crippen LogP contribution in [0.15, 0.2) is 64.5 Å². The van der Waals surface area contributed by atoms with Crippen LogP contribution in [-0.2, 0) is 0 Å². The van der Waals surface area contributed by atoms with E-state index in [-0.39, 0.29) is 5.25 Å². The number of thioether (sulfide) groups is 1. The van der Waals surface area contributed by atoms with Gasteiger partial charge in [-0.3, -0.25) is 4.99 Å². The van der Waals surface area contributed by atoms with Crippen LogP contribution in [0.3, 0.4) is 0 Å². The Kier molecular flexibility index (Phi) is 3.17. The third-order valence-electron chi connectivity index (χ3n) is 2.92. The van der Waals surface area contributed by atoms with E-state index >= 15 is 0 Å². The summed E-state index contributed by atoms with van der Waals surface area (Å²) in [7, 11) is 0. The maximum Gasteiger partial charge on any atom is 0.105 e. The molecule has 0 unspecified atom stereocenters. The number of para-hydroxylation sites is 1. The minimum Gasteiger partial charge on any atom is -0.386 e. The fraction of sp³-hybridized carbons (Fsp3) is 0.133. The molecule has 0 saturated carbocycles. The Bertz CT molecular complexity index is 568. The van der Waals surface area contributed by atoms with Crippen molar-refractivity contribution in [2.75, 3.05) is 0 Å². The van der Waals surface area contributed by atoms with E-state index in [0.29, 0.717) is 0 Å². The van der Waals surface area contributed by atoms with Gasteiger partial charge in [0, 0.05) is 11.1 Å². The highest BCUT2D eigenvalue weighted by Gasteiger charge is 2.24. The first-order valence-electron chi connectivity index (χ1n) is 5.87. The molecule has 0 aromatic heterocycles. The molecular formula is C15H13NOS. The summed E-state index contributed by atoms with van der Waals surface area (Å²) in [6.45, 7) is 0. The molecule has 0 bridgehead atoms. The largest absolute Gasteiger partial charge is 0.386 e. The lowest BCUT2D eigenvalue weighted by Gasteiger charge is -2.18. The van der Waals surface area contributed by atoms with Gasteiger partial charge in [-0.25, -0.2) is 0 Å². The molecule has 0 spiro atoms.